The van der Waals surface area contributed by atoms with Crippen LogP contribution in [0, 0.1) is 5.92 Å². The Morgan fingerprint density at radius 2 is 2.40 bits per heavy atom. The van der Waals surface area contributed by atoms with Crippen molar-refractivity contribution >= 4 is 15.9 Å². The first kappa shape index (κ1) is 11.1. The van der Waals surface area contributed by atoms with Crippen molar-refractivity contribution in [2.24, 2.45) is 5.92 Å². The van der Waals surface area contributed by atoms with Crippen LogP contribution < -0.4 is 5.32 Å². The highest BCUT2D eigenvalue weighted by atomic mass is 79.9. The Bertz CT molecular complexity index is 331. The second kappa shape index (κ2) is 4.66. The lowest BCUT2D eigenvalue weighted by atomic mass is 9.78. The van der Waals surface area contributed by atoms with Gasteiger partial charge in [0.05, 0.1) is 22.4 Å². The molecule has 84 valence electrons. The predicted octanol–water partition coefficient (Wildman–Crippen LogP) is 2.73. The van der Waals surface area contributed by atoms with Crippen molar-refractivity contribution in [1.82, 2.24) is 15.1 Å². The van der Waals surface area contributed by atoms with Gasteiger partial charge >= 0.3 is 0 Å². The summed E-state index contributed by atoms with van der Waals surface area (Å²) in [6, 6.07) is 0.454. The Balaban J connectivity index is 2.27. The second-order valence-electron chi connectivity index (χ2n) is 4.15. The zero-order chi connectivity index (χ0) is 10.8. The van der Waals surface area contributed by atoms with E-state index in [4.69, 9.17) is 0 Å². The van der Waals surface area contributed by atoms with Crippen molar-refractivity contribution in [3.63, 3.8) is 0 Å². The molecule has 0 bridgehead atoms. The van der Waals surface area contributed by atoms with Crippen LogP contribution in [0.25, 0.3) is 0 Å². The topological polar surface area (TPSA) is 29.9 Å². The summed E-state index contributed by atoms with van der Waals surface area (Å²) in [5.74, 6) is 0.785. The van der Waals surface area contributed by atoms with E-state index in [-0.39, 0.29) is 0 Å². The molecule has 4 heteroatoms. The van der Waals surface area contributed by atoms with E-state index in [2.05, 4.69) is 38.0 Å². The molecule has 1 aliphatic carbocycles. The van der Waals surface area contributed by atoms with Gasteiger partial charge in [0.1, 0.15) is 0 Å². The molecule has 1 unspecified atom stereocenters. The molecule has 1 aromatic heterocycles. The molecule has 0 aliphatic heterocycles. The first-order valence-electron chi connectivity index (χ1n) is 5.66. The average molecular weight is 272 g/mol. The number of halogens is 1. The van der Waals surface area contributed by atoms with Crippen LogP contribution in [-0.2, 0) is 6.54 Å². The van der Waals surface area contributed by atoms with Gasteiger partial charge < -0.3 is 5.32 Å². The van der Waals surface area contributed by atoms with Gasteiger partial charge in [-0.2, -0.15) is 5.10 Å². The lowest BCUT2D eigenvalue weighted by Gasteiger charge is -2.34. The molecule has 1 saturated carbocycles. The van der Waals surface area contributed by atoms with Crippen LogP contribution in [0.2, 0.25) is 0 Å². The third-order valence-electron chi connectivity index (χ3n) is 3.36. The summed E-state index contributed by atoms with van der Waals surface area (Å²) in [6.07, 6.45) is 5.96. The number of nitrogens with zero attached hydrogens (tertiary/aromatic N) is 2. The number of hydrogen-bond donors (Lipinski definition) is 1. The van der Waals surface area contributed by atoms with Crippen LogP contribution in [0.1, 0.15) is 37.9 Å². The zero-order valence-electron chi connectivity index (χ0n) is 9.33. The highest BCUT2D eigenvalue weighted by molar-refractivity contribution is 9.10. The lowest BCUT2D eigenvalue weighted by Crippen LogP contribution is -2.31. The number of nitrogens with one attached hydrogen (secondary N) is 1. The molecule has 2 rings (SSSR count). The molecule has 1 atom stereocenters. The predicted molar refractivity (Wildman–Crippen MR) is 64.7 cm³/mol. The molecule has 15 heavy (non-hydrogen) atoms. The summed E-state index contributed by atoms with van der Waals surface area (Å²) >= 11 is 3.60. The van der Waals surface area contributed by atoms with E-state index in [1.165, 1.54) is 25.0 Å². The van der Waals surface area contributed by atoms with E-state index in [0.717, 1.165) is 16.9 Å². The summed E-state index contributed by atoms with van der Waals surface area (Å²) in [7, 11) is 2.04. The van der Waals surface area contributed by atoms with Crippen molar-refractivity contribution in [1.29, 1.82) is 0 Å². The van der Waals surface area contributed by atoms with Crippen LogP contribution in [0.3, 0.4) is 0 Å². The second-order valence-corrected chi connectivity index (χ2v) is 5.01. The molecule has 1 fully saturated rings. The Kier molecular flexibility index (Phi) is 3.46. The summed E-state index contributed by atoms with van der Waals surface area (Å²) in [5.41, 5.74) is 1.31. The van der Waals surface area contributed by atoms with Crippen LogP contribution in [0.5, 0.6) is 0 Å². The summed E-state index contributed by atoms with van der Waals surface area (Å²) in [4.78, 5) is 0. The first-order chi connectivity index (χ1) is 7.27. The summed E-state index contributed by atoms with van der Waals surface area (Å²) in [6.45, 7) is 3.07. The normalized spacial score (nSPS) is 18.9. The zero-order valence-corrected chi connectivity index (χ0v) is 10.9. The van der Waals surface area contributed by atoms with Crippen LogP contribution in [0.4, 0.5) is 0 Å². The van der Waals surface area contributed by atoms with Gasteiger partial charge in [0, 0.05) is 6.54 Å². The van der Waals surface area contributed by atoms with Gasteiger partial charge in [-0.3, -0.25) is 4.68 Å². The van der Waals surface area contributed by atoms with E-state index in [0.29, 0.717) is 6.04 Å². The quantitative estimate of drug-likeness (QED) is 0.913. The maximum absolute atomic E-state index is 4.37. The van der Waals surface area contributed by atoms with Crippen molar-refractivity contribution < 1.29 is 0 Å². The van der Waals surface area contributed by atoms with E-state index >= 15 is 0 Å². The summed E-state index contributed by atoms with van der Waals surface area (Å²) in [5, 5.41) is 7.80. The fourth-order valence-corrected chi connectivity index (χ4v) is 2.84. The molecule has 0 amide bonds. The summed E-state index contributed by atoms with van der Waals surface area (Å²) < 4.78 is 3.22. The number of hydrogen-bond acceptors (Lipinski definition) is 2. The molecule has 1 aliphatic rings. The monoisotopic (exact) mass is 271 g/mol. The van der Waals surface area contributed by atoms with Gasteiger partial charge in [-0.05, 0) is 48.7 Å². The fourth-order valence-electron chi connectivity index (χ4n) is 2.30. The van der Waals surface area contributed by atoms with E-state index in [1.807, 2.05) is 13.2 Å². The maximum Gasteiger partial charge on any atom is 0.0698 e. The van der Waals surface area contributed by atoms with Crippen molar-refractivity contribution in [3.05, 3.63) is 16.4 Å². The molecular formula is C11H18BrN3. The third kappa shape index (κ3) is 1.97. The van der Waals surface area contributed by atoms with Crippen LogP contribution >= 0.6 is 15.9 Å². The number of aromatic nitrogens is 2. The highest BCUT2D eigenvalue weighted by Crippen LogP contribution is 2.39. The molecule has 1 heterocycles. The van der Waals surface area contributed by atoms with Crippen LogP contribution in [0.15, 0.2) is 10.7 Å². The molecule has 1 aromatic rings. The third-order valence-corrected chi connectivity index (χ3v) is 3.97. The van der Waals surface area contributed by atoms with Gasteiger partial charge in [-0.25, -0.2) is 0 Å². The standard InChI is InChI=1S/C11H18BrN3/c1-3-15-11(9(12)7-14-15)10(13-2)8-5-4-6-8/h7-8,10,13H,3-6H2,1-2H3. The molecule has 0 spiro atoms. The molecule has 3 nitrogen and oxygen atoms in total. The average Bonchev–Trinajstić information content (AvgIpc) is 2.53. The smallest absolute Gasteiger partial charge is 0.0698 e. The number of aryl methyl sites for hydroxylation is 1. The Labute approximate surface area is 99.4 Å². The van der Waals surface area contributed by atoms with Crippen molar-refractivity contribution in [2.75, 3.05) is 7.05 Å². The Morgan fingerprint density at radius 3 is 2.87 bits per heavy atom. The van der Waals surface area contributed by atoms with Gasteiger partial charge in [-0.1, -0.05) is 6.42 Å². The van der Waals surface area contributed by atoms with Gasteiger partial charge in [0.15, 0.2) is 0 Å². The minimum atomic E-state index is 0.454. The molecule has 1 N–H and O–H groups in total. The Hall–Kier alpha value is -0.350. The SMILES string of the molecule is CCn1ncc(Br)c1C(NC)C1CCC1. The Morgan fingerprint density at radius 1 is 1.67 bits per heavy atom. The molecular weight excluding hydrogens is 254 g/mol. The van der Waals surface area contributed by atoms with Gasteiger partial charge in [0.25, 0.3) is 0 Å². The number of rotatable bonds is 4. The minimum Gasteiger partial charge on any atom is -0.311 e. The fraction of sp³-hybridized carbons (Fsp3) is 0.727. The van der Waals surface area contributed by atoms with Gasteiger partial charge in [-0.15, -0.1) is 0 Å². The molecule has 0 saturated heterocycles. The molecule has 0 radical (unpaired) electrons. The largest absolute Gasteiger partial charge is 0.311 e. The van der Waals surface area contributed by atoms with E-state index < -0.39 is 0 Å². The van der Waals surface area contributed by atoms with E-state index in [9.17, 15) is 0 Å². The van der Waals surface area contributed by atoms with Crippen LogP contribution in [-0.4, -0.2) is 16.8 Å². The van der Waals surface area contributed by atoms with Gasteiger partial charge in [0.2, 0.25) is 0 Å². The maximum atomic E-state index is 4.37. The lowest BCUT2D eigenvalue weighted by molar-refractivity contribution is 0.230. The highest BCUT2D eigenvalue weighted by Gasteiger charge is 2.30. The van der Waals surface area contributed by atoms with Crippen molar-refractivity contribution in [2.45, 2.75) is 38.8 Å². The molecule has 0 aromatic carbocycles. The van der Waals surface area contributed by atoms with Crippen molar-refractivity contribution in [3.8, 4) is 0 Å². The van der Waals surface area contributed by atoms with E-state index in [1.54, 1.807) is 0 Å². The first-order valence-corrected chi connectivity index (χ1v) is 6.45. The minimum absolute atomic E-state index is 0.454.